The van der Waals surface area contributed by atoms with Crippen LogP contribution >= 0.6 is 0 Å². The van der Waals surface area contributed by atoms with Crippen LogP contribution in [0.3, 0.4) is 0 Å². The van der Waals surface area contributed by atoms with E-state index in [9.17, 15) is 31.5 Å². The first-order chi connectivity index (χ1) is 16.2. The van der Waals surface area contributed by atoms with Crippen molar-refractivity contribution in [2.24, 2.45) is 11.7 Å². The third-order valence-electron chi connectivity index (χ3n) is 6.34. The Morgan fingerprint density at radius 2 is 2.00 bits per heavy atom. The van der Waals surface area contributed by atoms with Gasteiger partial charge in [-0.1, -0.05) is 13.8 Å². The van der Waals surface area contributed by atoms with Crippen LogP contribution in [0.15, 0.2) is 29.3 Å². The van der Waals surface area contributed by atoms with E-state index in [-0.39, 0.29) is 22.2 Å². The summed E-state index contributed by atoms with van der Waals surface area (Å²) < 4.78 is 67.8. The SMILES string of the molecule is CC(C)C1(c2ncc(C(N)=O)c(C(F)(F)F)n2)NCCn2c1cc1cc(CO)c(S(C)(=O)=O)cc12. The first-order valence-electron chi connectivity index (χ1n) is 10.7. The quantitative estimate of drug-likeness (QED) is 0.476. The van der Waals surface area contributed by atoms with Gasteiger partial charge in [0.15, 0.2) is 21.4 Å². The van der Waals surface area contributed by atoms with Crippen LogP contribution in [0.4, 0.5) is 13.2 Å². The lowest BCUT2D eigenvalue weighted by molar-refractivity contribution is -0.141. The molecule has 0 fully saturated rings. The molecular formula is C22H24F3N5O4S. The first kappa shape index (κ1) is 25.1. The predicted octanol–water partition coefficient (Wildman–Crippen LogP) is 1.95. The molecule has 35 heavy (non-hydrogen) atoms. The summed E-state index contributed by atoms with van der Waals surface area (Å²) in [5.74, 6) is -1.85. The Bertz CT molecular complexity index is 1450. The van der Waals surface area contributed by atoms with E-state index in [4.69, 9.17) is 5.73 Å². The zero-order valence-electron chi connectivity index (χ0n) is 19.1. The van der Waals surface area contributed by atoms with E-state index in [1.807, 2.05) is 4.57 Å². The second kappa shape index (κ2) is 8.28. The molecule has 1 amide bonds. The van der Waals surface area contributed by atoms with Gasteiger partial charge in [0, 0.05) is 42.1 Å². The molecule has 0 spiro atoms. The number of sulfone groups is 1. The lowest BCUT2D eigenvalue weighted by Gasteiger charge is -2.41. The Hall–Kier alpha value is -3.03. The Morgan fingerprint density at radius 1 is 1.31 bits per heavy atom. The number of aromatic nitrogens is 3. The molecule has 188 valence electrons. The van der Waals surface area contributed by atoms with Gasteiger partial charge in [0.2, 0.25) is 0 Å². The number of nitrogens with one attached hydrogen (secondary N) is 1. The van der Waals surface area contributed by atoms with Crippen molar-refractivity contribution >= 4 is 26.6 Å². The highest BCUT2D eigenvalue weighted by Gasteiger charge is 2.47. The van der Waals surface area contributed by atoms with Gasteiger partial charge in [-0.2, -0.15) is 13.2 Å². The second-order valence-electron chi connectivity index (χ2n) is 8.84. The number of hydrogen-bond donors (Lipinski definition) is 3. The summed E-state index contributed by atoms with van der Waals surface area (Å²) in [6.45, 7) is 3.81. The number of carbonyl (C=O) groups is 1. The molecule has 1 aliphatic rings. The van der Waals surface area contributed by atoms with Crippen LogP contribution in [0.25, 0.3) is 10.9 Å². The number of carbonyl (C=O) groups excluding carboxylic acids is 1. The highest BCUT2D eigenvalue weighted by Crippen LogP contribution is 2.42. The average molecular weight is 512 g/mol. The van der Waals surface area contributed by atoms with E-state index in [1.165, 1.54) is 6.07 Å². The van der Waals surface area contributed by atoms with Crippen LogP contribution in [0.2, 0.25) is 0 Å². The van der Waals surface area contributed by atoms with Crippen molar-refractivity contribution in [1.29, 1.82) is 0 Å². The highest BCUT2D eigenvalue weighted by molar-refractivity contribution is 7.90. The van der Waals surface area contributed by atoms with Crippen molar-refractivity contribution < 1.29 is 31.5 Å². The van der Waals surface area contributed by atoms with Gasteiger partial charge in [-0.25, -0.2) is 18.4 Å². The van der Waals surface area contributed by atoms with Gasteiger partial charge in [-0.15, -0.1) is 0 Å². The monoisotopic (exact) mass is 511 g/mol. The number of benzene rings is 1. The topological polar surface area (TPSA) is 140 Å². The van der Waals surface area contributed by atoms with Crippen LogP contribution in [0.1, 0.15) is 47.0 Å². The van der Waals surface area contributed by atoms with E-state index >= 15 is 0 Å². The van der Waals surface area contributed by atoms with Crippen molar-refractivity contribution in [2.75, 3.05) is 12.8 Å². The number of halogens is 3. The number of fused-ring (bicyclic) bond motifs is 3. The Balaban J connectivity index is 2.05. The molecule has 2 aromatic heterocycles. The number of aliphatic hydroxyl groups is 1. The van der Waals surface area contributed by atoms with Gasteiger partial charge >= 0.3 is 6.18 Å². The van der Waals surface area contributed by atoms with Gasteiger partial charge in [0.1, 0.15) is 5.54 Å². The third kappa shape index (κ3) is 3.96. The fourth-order valence-corrected chi connectivity index (χ4v) is 5.67. The van der Waals surface area contributed by atoms with E-state index in [0.717, 1.165) is 12.5 Å². The van der Waals surface area contributed by atoms with Crippen LogP contribution in [0, 0.1) is 5.92 Å². The number of alkyl halides is 3. The van der Waals surface area contributed by atoms with Crippen molar-refractivity contribution in [2.45, 2.75) is 43.6 Å². The van der Waals surface area contributed by atoms with Gasteiger partial charge in [0.25, 0.3) is 5.91 Å². The Morgan fingerprint density at radius 3 is 2.54 bits per heavy atom. The van der Waals surface area contributed by atoms with E-state index in [2.05, 4.69) is 15.3 Å². The van der Waals surface area contributed by atoms with Crippen molar-refractivity contribution in [3.05, 3.63) is 52.7 Å². The molecule has 3 aromatic rings. The molecule has 3 heterocycles. The highest BCUT2D eigenvalue weighted by atomic mass is 32.2. The zero-order chi connectivity index (χ0) is 25.9. The predicted molar refractivity (Wildman–Crippen MR) is 120 cm³/mol. The van der Waals surface area contributed by atoms with Gasteiger partial charge in [-0.05, 0) is 29.7 Å². The lowest BCUT2D eigenvalue weighted by atomic mass is 9.80. The number of nitrogens with zero attached hydrogens (tertiary/aromatic N) is 3. The third-order valence-corrected chi connectivity index (χ3v) is 7.52. The maximum absolute atomic E-state index is 13.8. The molecule has 1 unspecified atom stereocenters. The van der Waals surface area contributed by atoms with E-state index in [1.54, 1.807) is 26.0 Å². The van der Waals surface area contributed by atoms with Crippen molar-refractivity contribution in [3.63, 3.8) is 0 Å². The smallest absolute Gasteiger partial charge is 0.392 e. The molecular weight excluding hydrogens is 487 g/mol. The molecule has 4 rings (SSSR count). The molecule has 0 saturated carbocycles. The first-order valence-corrected chi connectivity index (χ1v) is 12.6. The molecule has 0 radical (unpaired) electrons. The maximum atomic E-state index is 13.8. The normalized spacial score (nSPS) is 18.7. The number of hydrogen-bond acceptors (Lipinski definition) is 7. The summed E-state index contributed by atoms with van der Waals surface area (Å²) in [4.78, 5) is 19.5. The molecule has 1 aromatic carbocycles. The second-order valence-corrected chi connectivity index (χ2v) is 10.8. The molecule has 0 saturated heterocycles. The molecule has 1 aliphatic heterocycles. The molecule has 0 aliphatic carbocycles. The molecule has 0 bridgehead atoms. The molecule has 4 N–H and O–H groups in total. The van der Waals surface area contributed by atoms with Crippen LogP contribution < -0.4 is 11.1 Å². The fourth-order valence-electron chi connectivity index (χ4n) is 4.75. The number of primary amides is 1. The van der Waals surface area contributed by atoms with E-state index < -0.39 is 45.3 Å². The zero-order valence-corrected chi connectivity index (χ0v) is 20.0. The fraction of sp³-hybridized carbons (Fsp3) is 0.409. The largest absolute Gasteiger partial charge is 0.434 e. The number of rotatable bonds is 5. The average Bonchev–Trinajstić information content (AvgIpc) is 3.14. The number of aliphatic hydroxyl groups excluding tert-OH is 1. The minimum atomic E-state index is -4.94. The van der Waals surface area contributed by atoms with Crippen molar-refractivity contribution in [3.8, 4) is 0 Å². The van der Waals surface area contributed by atoms with Gasteiger partial charge in [-0.3, -0.25) is 10.1 Å². The summed E-state index contributed by atoms with van der Waals surface area (Å²) in [6.07, 6.45) is -3.12. The summed E-state index contributed by atoms with van der Waals surface area (Å²) >= 11 is 0. The number of nitrogens with two attached hydrogens (primary N) is 1. The summed E-state index contributed by atoms with van der Waals surface area (Å²) in [7, 11) is -3.66. The van der Waals surface area contributed by atoms with E-state index in [0.29, 0.717) is 29.7 Å². The van der Waals surface area contributed by atoms with Crippen LogP contribution in [-0.4, -0.2) is 46.8 Å². The minimum absolute atomic E-state index is 0.0245. The molecule has 13 heteroatoms. The van der Waals surface area contributed by atoms with Crippen LogP contribution in [-0.2, 0) is 34.7 Å². The van der Waals surface area contributed by atoms with Crippen LogP contribution in [0.5, 0.6) is 0 Å². The minimum Gasteiger partial charge on any atom is -0.392 e. The Kier molecular flexibility index (Phi) is 5.93. The molecule has 1 atom stereocenters. The standard InChI is InChI=1S/C22H24F3N5O4S/c1-11(2)21(20-27-9-14(19(26)32)18(29-20)22(23,24)25)17-7-12-6-13(10-31)16(35(3,33)34)8-15(12)30(17)5-4-28-21/h6-9,11,28,31H,4-5,10H2,1-3H3,(H2,26,32). The summed E-state index contributed by atoms with van der Waals surface area (Å²) in [5.41, 5.74) is 2.88. The molecule has 9 nitrogen and oxygen atoms in total. The van der Waals surface area contributed by atoms with Crippen molar-refractivity contribution in [1.82, 2.24) is 19.9 Å². The number of amides is 1. The van der Waals surface area contributed by atoms with Gasteiger partial charge < -0.3 is 15.4 Å². The Labute approximate surface area is 199 Å². The maximum Gasteiger partial charge on any atom is 0.434 e. The lowest BCUT2D eigenvalue weighted by Crippen LogP contribution is -2.54. The summed E-state index contributed by atoms with van der Waals surface area (Å²) in [5, 5.41) is 13.6. The van der Waals surface area contributed by atoms with Gasteiger partial charge in [0.05, 0.1) is 17.1 Å². The summed E-state index contributed by atoms with van der Waals surface area (Å²) in [6, 6.07) is 4.75.